The summed E-state index contributed by atoms with van der Waals surface area (Å²) >= 11 is 0. The molecular formula is C23H30N9O8P. The van der Waals surface area contributed by atoms with Gasteiger partial charge in [-0.3, -0.25) is 13.9 Å². The summed E-state index contributed by atoms with van der Waals surface area (Å²) in [6.45, 7) is 5.51. The topological polar surface area (TPSA) is 242 Å². The molecule has 6 atom stereocenters. The van der Waals surface area contributed by atoms with Gasteiger partial charge in [-0.25, -0.2) is 19.5 Å². The van der Waals surface area contributed by atoms with Crippen molar-refractivity contribution < 1.29 is 38.1 Å². The average Bonchev–Trinajstić information content (AvgIpc) is 3.43. The second kappa shape index (κ2) is 11.6. The Balaban J connectivity index is 1.62. The largest absolute Gasteiger partial charge is 0.459 e. The minimum atomic E-state index is -4.47. The number of ether oxygens (including phenoxy) is 2. The number of nitrogens with zero attached hydrogens (tertiary/aromatic N) is 7. The Morgan fingerprint density at radius 2 is 2.02 bits per heavy atom. The number of carbonyl (C=O) groups excluding carboxylic acids is 1. The van der Waals surface area contributed by atoms with E-state index in [2.05, 4.69) is 30.1 Å². The molecule has 4 rings (SSSR count). The summed E-state index contributed by atoms with van der Waals surface area (Å²) in [7, 11) is -4.47. The normalized spacial score (nSPS) is 24.8. The van der Waals surface area contributed by atoms with Crippen LogP contribution in [-0.4, -0.2) is 71.9 Å². The molecule has 2 unspecified atom stereocenters. The van der Waals surface area contributed by atoms with E-state index in [0.29, 0.717) is 0 Å². The van der Waals surface area contributed by atoms with E-state index in [9.17, 15) is 25.1 Å². The lowest BCUT2D eigenvalue weighted by Crippen LogP contribution is -2.46. The number of imidazole rings is 1. The number of esters is 1. The molecule has 1 saturated heterocycles. The van der Waals surface area contributed by atoms with Crippen LogP contribution < -0.4 is 15.3 Å². The third-order valence-electron chi connectivity index (χ3n) is 5.80. The van der Waals surface area contributed by atoms with Crippen LogP contribution in [0.2, 0.25) is 0 Å². The zero-order chi connectivity index (χ0) is 30.0. The number of anilines is 1. The first-order valence-electron chi connectivity index (χ1n) is 12.3. The van der Waals surface area contributed by atoms with Gasteiger partial charge in [0.2, 0.25) is 5.72 Å². The van der Waals surface area contributed by atoms with Gasteiger partial charge in [-0.2, -0.15) is 5.09 Å². The monoisotopic (exact) mass is 591 g/mol. The highest BCUT2D eigenvalue weighted by Crippen LogP contribution is 2.48. The third-order valence-corrected chi connectivity index (χ3v) is 7.42. The van der Waals surface area contributed by atoms with Crippen LogP contribution in [0.4, 0.5) is 5.82 Å². The fourth-order valence-electron chi connectivity index (χ4n) is 3.92. The number of hydrogen-bond acceptors (Lipinski definition) is 13. The third kappa shape index (κ3) is 6.57. The van der Waals surface area contributed by atoms with Gasteiger partial charge in [-0.1, -0.05) is 23.3 Å². The fraction of sp³-hybridized carbons (Fsp3) is 0.478. The number of rotatable bonds is 10. The Morgan fingerprint density at radius 3 is 2.68 bits per heavy atom. The number of para-hydroxylation sites is 1. The Bertz CT molecular complexity index is 1490. The van der Waals surface area contributed by atoms with Crippen LogP contribution >= 0.6 is 7.75 Å². The summed E-state index contributed by atoms with van der Waals surface area (Å²) in [5.41, 5.74) is 12.4. The van der Waals surface area contributed by atoms with E-state index in [1.54, 1.807) is 39.0 Å². The van der Waals surface area contributed by atoms with Crippen molar-refractivity contribution in [2.75, 3.05) is 12.3 Å². The molecule has 3 heterocycles. The lowest BCUT2D eigenvalue weighted by atomic mass is 10.1. The molecule has 1 aromatic carbocycles. The molecule has 1 aliphatic rings. The lowest BCUT2D eigenvalue weighted by Gasteiger charge is -2.30. The minimum absolute atomic E-state index is 0.0654. The van der Waals surface area contributed by atoms with Crippen molar-refractivity contribution in [2.45, 2.75) is 63.5 Å². The standard InChI is InChI=1S/C23H30N9O8P/c1-13(21(35)39-22(2,3)4)29-41(36,40-14-8-6-5-7-9-14)37-10-23(30-31-25)17(34)16(33)20(38-23)32-12-28-15-18(24)26-11-27-19(15)32/h5-9,11-13,16-17,20,33-34H,10H2,1-4H3,(H,29,36)(H2,24,26,27)/t13-,16+,17-,20+,23?,41?/m0/s1. The number of aliphatic hydroxyl groups excluding tert-OH is 2. The summed E-state index contributed by atoms with van der Waals surface area (Å²) in [6, 6.07) is 6.75. The van der Waals surface area contributed by atoms with Gasteiger partial charge in [0.25, 0.3) is 0 Å². The Labute approximate surface area is 233 Å². The number of nitrogens with one attached hydrogen (secondary N) is 1. The van der Waals surface area contributed by atoms with Gasteiger partial charge in [-0.15, -0.1) is 0 Å². The van der Waals surface area contributed by atoms with E-state index in [-0.39, 0.29) is 22.7 Å². The molecule has 3 aromatic rings. The predicted octanol–water partition coefficient (Wildman–Crippen LogP) is 2.19. The van der Waals surface area contributed by atoms with Gasteiger partial charge < -0.3 is 29.9 Å². The Hall–Kier alpha value is -3.82. The SMILES string of the molecule is C[C@H](NP(=O)(OCC1(N=[N+]=[N-])O[C@@H](n2cnc3c(N)ncnc32)[C@H](O)[C@@H]1O)Oc1ccccc1)C(=O)OC(C)(C)C. The van der Waals surface area contributed by atoms with Gasteiger partial charge in [0.1, 0.15) is 41.4 Å². The molecule has 0 radical (unpaired) electrons. The summed E-state index contributed by atoms with van der Waals surface area (Å²) in [5.74, 6) is -0.565. The van der Waals surface area contributed by atoms with Crippen LogP contribution in [-0.2, 0) is 23.4 Å². The van der Waals surface area contributed by atoms with Crippen molar-refractivity contribution in [3.63, 3.8) is 0 Å². The van der Waals surface area contributed by atoms with E-state index >= 15 is 0 Å². The highest BCUT2D eigenvalue weighted by molar-refractivity contribution is 7.52. The van der Waals surface area contributed by atoms with Crippen molar-refractivity contribution in [1.29, 1.82) is 0 Å². The van der Waals surface area contributed by atoms with Crippen molar-refractivity contribution in [2.24, 2.45) is 5.11 Å². The minimum Gasteiger partial charge on any atom is -0.459 e. The molecule has 5 N–H and O–H groups in total. The summed E-state index contributed by atoms with van der Waals surface area (Å²) in [6.07, 6.45) is -2.54. The number of benzene rings is 1. The maximum absolute atomic E-state index is 13.9. The van der Waals surface area contributed by atoms with Gasteiger partial charge in [-0.05, 0) is 45.4 Å². The van der Waals surface area contributed by atoms with Crippen LogP contribution in [0.15, 0.2) is 48.1 Å². The smallest absolute Gasteiger partial charge is 0.459 e. The number of azide groups is 1. The number of hydrogen-bond donors (Lipinski definition) is 4. The molecular weight excluding hydrogens is 561 g/mol. The van der Waals surface area contributed by atoms with Crippen molar-refractivity contribution in [3.8, 4) is 5.75 Å². The number of carbonyl (C=O) groups is 1. The van der Waals surface area contributed by atoms with Crippen LogP contribution in [0.5, 0.6) is 5.75 Å². The second-order valence-corrected chi connectivity index (χ2v) is 11.8. The highest BCUT2D eigenvalue weighted by Gasteiger charge is 2.56. The van der Waals surface area contributed by atoms with Crippen LogP contribution in [0, 0.1) is 0 Å². The van der Waals surface area contributed by atoms with Gasteiger partial charge >= 0.3 is 13.7 Å². The van der Waals surface area contributed by atoms with E-state index in [0.717, 1.165) is 0 Å². The molecule has 41 heavy (non-hydrogen) atoms. The van der Waals surface area contributed by atoms with Crippen LogP contribution in [0.1, 0.15) is 33.9 Å². The van der Waals surface area contributed by atoms with Gasteiger partial charge in [0, 0.05) is 4.91 Å². The maximum Gasteiger partial charge on any atom is 0.459 e. The predicted molar refractivity (Wildman–Crippen MR) is 143 cm³/mol. The van der Waals surface area contributed by atoms with E-state index in [4.69, 9.17) is 24.3 Å². The lowest BCUT2D eigenvalue weighted by molar-refractivity contribution is -0.156. The summed E-state index contributed by atoms with van der Waals surface area (Å²) in [5, 5.41) is 27.9. The molecule has 220 valence electrons. The molecule has 0 amide bonds. The van der Waals surface area contributed by atoms with Crippen LogP contribution in [0.3, 0.4) is 0 Å². The molecule has 1 aliphatic heterocycles. The second-order valence-electron chi connectivity index (χ2n) is 10.1. The number of fused-ring (bicyclic) bond motifs is 1. The molecule has 18 heteroatoms. The number of nitrogens with two attached hydrogens (primary N) is 1. The van der Waals surface area contributed by atoms with E-state index in [1.165, 1.54) is 36.3 Å². The zero-order valence-corrected chi connectivity index (χ0v) is 23.5. The Kier molecular flexibility index (Phi) is 8.52. The number of nitrogen functional groups attached to an aromatic ring is 1. The average molecular weight is 592 g/mol. The molecule has 0 aliphatic carbocycles. The van der Waals surface area contributed by atoms with Crippen molar-refractivity contribution >= 4 is 30.7 Å². The first-order valence-corrected chi connectivity index (χ1v) is 13.8. The van der Waals surface area contributed by atoms with Crippen LogP contribution in [0.25, 0.3) is 21.6 Å². The van der Waals surface area contributed by atoms with Crippen molar-refractivity contribution in [1.82, 2.24) is 24.6 Å². The molecule has 1 fully saturated rings. The van der Waals surface area contributed by atoms with Crippen molar-refractivity contribution in [3.05, 3.63) is 53.4 Å². The Morgan fingerprint density at radius 1 is 1.32 bits per heavy atom. The van der Waals surface area contributed by atoms with E-state index in [1.807, 2.05) is 0 Å². The first kappa shape index (κ1) is 30.1. The highest BCUT2D eigenvalue weighted by atomic mass is 31.2. The quantitative estimate of drug-likeness (QED) is 0.0869. The van der Waals surface area contributed by atoms with Gasteiger partial charge in [0.15, 0.2) is 17.7 Å². The molecule has 0 bridgehead atoms. The first-order chi connectivity index (χ1) is 19.3. The molecule has 0 spiro atoms. The molecule has 2 aromatic heterocycles. The molecule has 0 saturated carbocycles. The zero-order valence-electron chi connectivity index (χ0n) is 22.6. The number of aliphatic hydroxyl groups is 2. The number of aromatic nitrogens is 4. The van der Waals surface area contributed by atoms with Gasteiger partial charge in [0.05, 0.1) is 12.9 Å². The van der Waals surface area contributed by atoms with E-state index < -0.39 is 56.1 Å². The maximum atomic E-state index is 13.9. The fourth-order valence-corrected chi connectivity index (χ4v) is 5.44. The molecule has 17 nitrogen and oxygen atoms in total. The summed E-state index contributed by atoms with van der Waals surface area (Å²) < 4.78 is 37.6. The summed E-state index contributed by atoms with van der Waals surface area (Å²) in [4.78, 5) is 27.4.